The molecule has 0 saturated carbocycles. The topological polar surface area (TPSA) is 93.3 Å². The molecular weight excluding hydrogens is 348 g/mol. The van der Waals surface area contributed by atoms with Gasteiger partial charge in [-0.05, 0) is 40.2 Å². The third-order valence-electron chi connectivity index (χ3n) is 2.33. The molecule has 20 heavy (non-hydrogen) atoms. The van der Waals surface area contributed by atoms with E-state index in [4.69, 9.17) is 5.11 Å². The highest BCUT2D eigenvalue weighted by Crippen LogP contribution is 2.33. The fourth-order valence-electron chi connectivity index (χ4n) is 1.47. The summed E-state index contributed by atoms with van der Waals surface area (Å²) in [5.74, 6) is -1.33. The normalized spacial score (nSPS) is 10.2. The van der Waals surface area contributed by atoms with E-state index in [0.717, 1.165) is 4.47 Å². The van der Waals surface area contributed by atoms with E-state index in [1.54, 1.807) is 18.3 Å². The van der Waals surface area contributed by atoms with Crippen LogP contribution in [0, 0.1) is 10.1 Å². The Labute approximate surface area is 126 Å². The van der Waals surface area contributed by atoms with Crippen molar-refractivity contribution in [2.45, 2.75) is 9.92 Å². The van der Waals surface area contributed by atoms with E-state index >= 15 is 0 Å². The van der Waals surface area contributed by atoms with Crippen molar-refractivity contribution in [3.05, 3.63) is 56.7 Å². The Morgan fingerprint density at radius 1 is 1.40 bits per heavy atom. The third-order valence-corrected chi connectivity index (χ3v) is 4.25. The minimum absolute atomic E-state index is 0.341. The van der Waals surface area contributed by atoms with E-state index in [0.29, 0.717) is 9.92 Å². The summed E-state index contributed by atoms with van der Waals surface area (Å²) in [6.07, 6.45) is 1.61. The summed E-state index contributed by atoms with van der Waals surface area (Å²) < 4.78 is 0.764. The van der Waals surface area contributed by atoms with Gasteiger partial charge in [-0.2, -0.15) is 0 Å². The number of hydrogen-bond acceptors (Lipinski definition) is 5. The SMILES string of the molecule is O=C(O)c1cc(Sc2ncccc2Br)ccc1[N+](=O)[O-]. The summed E-state index contributed by atoms with van der Waals surface area (Å²) in [4.78, 5) is 25.8. The second-order valence-electron chi connectivity index (χ2n) is 3.63. The van der Waals surface area contributed by atoms with Gasteiger partial charge in [0.1, 0.15) is 10.6 Å². The summed E-state index contributed by atoms with van der Waals surface area (Å²) in [5, 5.41) is 20.4. The zero-order valence-corrected chi connectivity index (χ0v) is 12.2. The predicted molar refractivity (Wildman–Crippen MR) is 76.1 cm³/mol. The minimum Gasteiger partial charge on any atom is -0.477 e. The molecule has 8 heteroatoms. The lowest BCUT2D eigenvalue weighted by Gasteiger charge is -2.04. The van der Waals surface area contributed by atoms with Crippen LogP contribution in [-0.2, 0) is 0 Å². The van der Waals surface area contributed by atoms with Gasteiger partial charge in [0.15, 0.2) is 0 Å². The summed E-state index contributed by atoms with van der Waals surface area (Å²) in [7, 11) is 0. The molecular formula is C12H7BrN2O4S. The molecule has 0 fully saturated rings. The van der Waals surface area contributed by atoms with Gasteiger partial charge in [-0.3, -0.25) is 10.1 Å². The minimum atomic E-state index is -1.33. The maximum Gasteiger partial charge on any atom is 0.342 e. The first-order valence-corrected chi connectivity index (χ1v) is 6.90. The van der Waals surface area contributed by atoms with Crippen LogP contribution in [0.3, 0.4) is 0 Å². The lowest BCUT2D eigenvalue weighted by Crippen LogP contribution is -2.02. The van der Waals surface area contributed by atoms with Gasteiger partial charge in [0.05, 0.1) is 9.40 Å². The number of benzene rings is 1. The number of nitro benzene ring substituents is 1. The molecule has 2 rings (SSSR count). The van der Waals surface area contributed by atoms with Crippen LogP contribution in [0.4, 0.5) is 5.69 Å². The Bertz CT molecular complexity index is 693. The number of rotatable bonds is 4. The van der Waals surface area contributed by atoms with E-state index in [1.165, 1.54) is 30.0 Å². The predicted octanol–water partition coefficient (Wildman–Crippen LogP) is 3.60. The van der Waals surface area contributed by atoms with E-state index in [9.17, 15) is 14.9 Å². The number of aromatic nitrogens is 1. The van der Waals surface area contributed by atoms with Crippen LogP contribution in [0.2, 0.25) is 0 Å². The van der Waals surface area contributed by atoms with Crippen LogP contribution >= 0.6 is 27.7 Å². The molecule has 1 heterocycles. The van der Waals surface area contributed by atoms with Crippen molar-refractivity contribution in [1.29, 1.82) is 0 Å². The quantitative estimate of drug-likeness (QED) is 0.665. The fraction of sp³-hybridized carbons (Fsp3) is 0. The van der Waals surface area contributed by atoms with Crippen molar-refractivity contribution < 1.29 is 14.8 Å². The molecule has 1 aromatic heterocycles. The summed E-state index contributed by atoms with van der Waals surface area (Å²) in [6, 6.07) is 7.51. The van der Waals surface area contributed by atoms with E-state index in [1.807, 2.05) is 0 Å². The zero-order chi connectivity index (χ0) is 14.7. The number of carboxylic acids is 1. The standard InChI is InChI=1S/C12H7BrN2O4S/c13-9-2-1-5-14-11(9)20-7-3-4-10(15(18)19)8(6-7)12(16)17/h1-6H,(H,16,17). The van der Waals surface area contributed by atoms with Crippen LogP contribution in [0.1, 0.15) is 10.4 Å². The molecule has 0 bridgehead atoms. The molecule has 0 spiro atoms. The largest absolute Gasteiger partial charge is 0.477 e. The number of nitrogens with zero attached hydrogens (tertiary/aromatic N) is 2. The second kappa shape index (κ2) is 6.02. The lowest BCUT2D eigenvalue weighted by atomic mass is 10.2. The first-order valence-electron chi connectivity index (χ1n) is 5.29. The number of aromatic carboxylic acids is 1. The van der Waals surface area contributed by atoms with Crippen molar-refractivity contribution in [3.63, 3.8) is 0 Å². The van der Waals surface area contributed by atoms with E-state index in [2.05, 4.69) is 20.9 Å². The van der Waals surface area contributed by atoms with Crippen LogP contribution in [0.25, 0.3) is 0 Å². The third kappa shape index (κ3) is 3.14. The highest BCUT2D eigenvalue weighted by molar-refractivity contribution is 9.10. The van der Waals surface area contributed by atoms with Crippen molar-refractivity contribution in [2.75, 3.05) is 0 Å². The number of hydrogen-bond donors (Lipinski definition) is 1. The van der Waals surface area contributed by atoms with E-state index in [-0.39, 0.29) is 5.56 Å². The summed E-state index contributed by atoms with van der Waals surface area (Å²) in [5.41, 5.74) is -0.769. The Kier molecular flexibility index (Phi) is 4.35. The Morgan fingerprint density at radius 3 is 2.75 bits per heavy atom. The van der Waals surface area contributed by atoms with Crippen LogP contribution in [0.15, 0.2) is 50.9 Å². The van der Waals surface area contributed by atoms with Crippen molar-refractivity contribution in [2.24, 2.45) is 0 Å². The Hall–Kier alpha value is -1.93. The number of carboxylic acid groups (broad SMARTS) is 1. The smallest absolute Gasteiger partial charge is 0.342 e. The molecule has 102 valence electrons. The van der Waals surface area contributed by atoms with Gasteiger partial charge in [0.2, 0.25) is 0 Å². The molecule has 0 atom stereocenters. The maximum atomic E-state index is 11.1. The van der Waals surface area contributed by atoms with Gasteiger partial charge in [-0.1, -0.05) is 11.8 Å². The van der Waals surface area contributed by atoms with Gasteiger partial charge < -0.3 is 5.11 Å². The van der Waals surface area contributed by atoms with Gasteiger partial charge in [-0.25, -0.2) is 9.78 Å². The van der Waals surface area contributed by atoms with Gasteiger partial charge in [-0.15, -0.1) is 0 Å². The molecule has 0 saturated heterocycles. The molecule has 0 unspecified atom stereocenters. The Balaban J connectivity index is 2.40. The molecule has 2 aromatic rings. The first kappa shape index (κ1) is 14.5. The number of carbonyl (C=O) groups is 1. The number of nitro groups is 1. The average Bonchev–Trinajstić information content (AvgIpc) is 2.41. The number of pyridine rings is 1. The lowest BCUT2D eigenvalue weighted by molar-refractivity contribution is -0.385. The summed E-state index contributed by atoms with van der Waals surface area (Å²) >= 11 is 4.55. The maximum absolute atomic E-state index is 11.1. The van der Waals surface area contributed by atoms with Crippen molar-refractivity contribution in [1.82, 2.24) is 4.98 Å². The molecule has 0 aliphatic rings. The van der Waals surface area contributed by atoms with E-state index < -0.39 is 16.6 Å². The summed E-state index contributed by atoms with van der Waals surface area (Å²) in [6.45, 7) is 0. The van der Waals surface area contributed by atoms with Gasteiger partial charge >= 0.3 is 5.97 Å². The van der Waals surface area contributed by atoms with Crippen LogP contribution < -0.4 is 0 Å². The fourth-order valence-corrected chi connectivity index (χ4v) is 2.78. The molecule has 0 aliphatic heterocycles. The second-order valence-corrected chi connectivity index (χ2v) is 5.55. The molecule has 0 radical (unpaired) electrons. The molecule has 0 amide bonds. The van der Waals surface area contributed by atoms with Gasteiger partial charge in [0, 0.05) is 17.2 Å². The molecule has 1 aromatic carbocycles. The molecule has 0 aliphatic carbocycles. The van der Waals surface area contributed by atoms with Crippen LogP contribution in [0.5, 0.6) is 0 Å². The average molecular weight is 355 g/mol. The van der Waals surface area contributed by atoms with Crippen molar-refractivity contribution in [3.8, 4) is 0 Å². The molecule has 1 N–H and O–H groups in total. The highest BCUT2D eigenvalue weighted by atomic mass is 79.9. The van der Waals surface area contributed by atoms with Crippen LogP contribution in [-0.4, -0.2) is 21.0 Å². The first-order chi connectivity index (χ1) is 9.49. The number of halogens is 1. The molecule has 6 nitrogen and oxygen atoms in total. The van der Waals surface area contributed by atoms with Gasteiger partial charge in [0.25, 0.3) is 5.69 Å². The highest BCUT2D eigenvalue weighted by Gasteiger charge is 2.20. The monoisotopic (exact) mass is 354 g/mol. The zero-order valence-electron chi connectivity index (χ0n) is 9.82. The van der Waals surface area contributed by atoms with Crippen molar-refractivity contribution >= 4 is 39.3 Å². The Morgan fingerprint density at radius 2 is 2.15 bits per heavy atom.